The minimum absolute atomic E-state index is 0.0526. The predicted molar refractivity (Wildman–Crippen MR) is 86.1 cm³/mol. The van der Waals surface area contributed by atoms with Gasteiger partial charge in [0.25, 0.3) is 0 Å². The molecule has 5 nitrogen and oxygen atoms in total. The van der Waals surface area contributed by atoms with Gasteiger partial charge in [0.15, 0.2) is 0 Å². The SMILES string of the molecule is CCC[C@@H]1CN(Cc2cc(C#N)n(CC)c2)C[C@H]1NC(C)=O. The lowest BCUT2D eigenvalue weighted by atomic mass is 9.98. The molecule has 0 radical (unpaired) electrons. The maximum atomic E-state index is 11.4. The van der Waals surface area contributed by atoms with Crippen molar-refractivity contribution in [2.45, 2.75) is 52.7 Å². The van der Waals surface area contributed by atoms with Crippen LogP contribution in [0, 0.1) is 17.2 Å². The molecular formula is C17H26N4O. The van der Waals surface area contributed by atoms with Crippen LogP contribution in [0.15, 0.2) is 12.3 Å². The molecule has 0 bridgehead atoms. The van der Waals surface area contributed by atoms with E-state index in [-0.39, 0.29) is 11.9 Å². The second kappa shape index (κ2) is 7.46. The van der Waals surface area contributed by atoms with Crippen molar-refractivity contribution in [2.24, 2.45) is 5.92 Å². The molecule has 2 heterocycles. The predicted octanol–water partition coefficient (Wildman–Crippen LogP) is 2.12. The smallest absolute Gasteiger partial charge is 0.217 e. The van der Waals surface area contributed by atoms with Gasteiger partial charge in [0.2, 0.25) is 5.91 Å². The van der Waals surface area contributed by atoms with E-state index in [4.69, 9.17) is 5.26 Å². The van der Waals surface area contributed by atoms with Gasteiger partial charge in [-0.15, -0.1) is 0 Å². The lowest BCUT2D eigenvalue weighted by molar-refractivity contribution is -0.119. The Labute approximate surface area is 132 Å². The molecule has 1 aliphatic heterocycles. The van der Waals surface area contributed by atoms with Gasteiger partial charge in [0.05, 0.1) is 0 Å². The van der Waals surface area contributed by atoms with E-state index in [1.54, 1.807) is 6.92 Å². The van der Waals surface area contributed by atoms with Gasteiger partial charge in [-0.1, -0.05) is 13.3 Å². The fourth-order valence-corrected chi connectivity index (χ4v) is 3.45. The summed E-state index contributed by atoms with van der Waals surface area (Å²) in [6.45, 7) is 9.39. The lowest BCUT2D eigenvalue weighted by Crippen LogP contribution is -2.39. The number of amides is 1. The van der Waals surface area contributed by atoms with Crippen molar-refractivity contribution >= 4 is 5.91 Å². The number of likely N-dealkylation sites (tertiary alicyclic amines) is 1. The molecule has 0 unspecified atom stereocenters. The van der Waals surface area contributed by atoms with Crippen molar-refractivity contribution in [3.8, 4) is 6.07 Å². The maximum Gasteiger partial charge on any atom is 0.217 e. The lowest BCUT2D eigenvalue weighted by Gasteiger charge is -2.18. The van der Waals surface area contributed by atoms with E-state index < -0.39 is 0 Å². The molecule has 2 rings (SSSR count). The molecule has 1 aliphatic rings. The molecule has 0 saturated carbocycles. The van der Waals surface area contributed by atoms with Crippen LogP contribution in [0.2, 0.25) is 0 Å². The number of carbonyl (C=O) groups is 1. The first kappa shape index (κ1) is 16.6. The summed E-state index contributed by atoms with van der Waals surface area (Å²) in [6.07, 6.45) is 4.35. The number of nitriles is 1. The Hall–Kier alpha value is -1.80. The zero-order valence-corrected chi connectivity index (χ0v) is 13.8. The number of hydrogen-bond acceptors (Lipinski definition) is 3. The fraction of sp³-hybridized carbons (Fsp3) is 0.647. The molecule has 1 aromatic heterocycles. The van der Waals surface area contributed by atoms with E-state index in [0.717, 1.165) is 44.7 Å². The minimum atomic E-state index is 0.0526. The standard InChI is InChI=1S/C17H26N4O/c1-4-6-15-11-20(12-17(15)19-13(3)22)9-14-7-16(8-18)21(5-2)10-14/h7,10,15,17H,4-6,9,11-12H2,1-3H3,(H,19,22)/t15-,17-/m1/s1. The molecule has 2 atom stereocenters. The van der Waals surface area contributed by atoms with E-state index in [9.17, 15) is 4.79 Å². The van der Waals surface area contributed by atoms with Crippen LogP contribution in [0.5, 0.6) is 0 Å². The van der Waals surface area contributed by atoms with Gasteiger partial charge in [-0.05, 0) is 30.9 Å². The normalized spacial score (nSPS) is 21.7. The molecule has 120 valence electrons. The number of hydrogen-bond donors (Lipinski definition) is 1. The van der Waals surface area contributed by atoms with Crippen LogP contribution in [0.3, 0.4) is 0 Å². The zero-order valence-electron chi connectivity index (χ0n) is 13.8. The third-order valence-electron chi connectivity index (χ3n) is 4.38. The van der Waals surface area contributed by atoms with Crippen LogP contribution in [0.4, 0.5) is 0 Å². The highest BCUT2D eigenvalue weighted by atomic mass is 16.1. The Morgan fingerprint density at radius 1 is 1.45 bits per heavy atom. The van der Waals surface area contributed by atoms with Crippen molar-refractivity contribution in [3.05, 3.63) is 23.5 Å². The van der Waals surface area contributed by atoms with Crippen molar-refractivity contribution < 1.29 is 4.79 Å². The molecule has 5 heteroatoms. The number of aryl methyl sites for hydroxylation is 1. The Morgan fingerprint density at radius 3 is 2.77 bits per heavy atom. The van der Waals surface area contributed by atoms with E-state index in [1.807, 2.05) is 17.6 Å². The highest BCUT2D eigenvalue weighted by Crippen LogP contribution is 2.24. The first-order valence-corrected chi connectivity index (χ1v) is 8.15. The largest absolute Gasteiger partial charge is 0.352 e. The van der Waals surface area contributed by atoms with Crippen LogP contribution >= 0.6 is 0 Å². The minimum Gasteiger partial charge on any atom is -0.352 e. The number of carbonyl (C=O) groups excluding carboxylic acids is 1. The van der Waals surface area contributed by atoms with Crippen molar-refractivity contribution in [3.63, 3.8) is 0 Å². The molecule has 1 saturated heterocycles. The Bertz CT molecular complexity index is 557. The van der Waals surface area contributed by atoms with Crippen molar-refractivity contribution in [1.82, 2.24) is 14.8 Å². The fourth-order valence-electron chi connectivity index (χ4n) is 3.45. The van der Waals surface area contributed by atoms with Gasteiger partial charge in [0.1, 0.15) is 11.8 Å². The zero-order chi connectivity index (χ0) is 16.1. The molecular weight excluding hydrogens is 276 g/mol. The summed E-state index contributed by atoms with van der Waals surface area (Å²) < 4.78 is 1.99. The average molecular weight is 302 g/mol. The van der Waals surface area contributed by atoms with Crippen LogP contribution in [0.1, 0.15) is 44.9 Å². The van der Waals surface area contributed by atoms with Gasteiger partial charge >= 0.3 is 0 Å². The Balaban J connectivity index is 2.03. The van der Waals surface area contributed by atoms with Gasteiger partial charge in [-0.3, -0.25) is 9.69 Å². The molecule has 1 amide bonds. The summed E-state index contributed by atoms with van der Waals surface area (Å²) in [6, 6.07) is 4.47. The summed E-state index contributed by atoms with van der Waals surface area (Å²) >= 11 is 0. The monoisotopic (exact) mass is 302 g/mol. The summed E-state index contributed by atoms with van der Waals surface area (Å²) in [4.78, 5) is 13.8. The Morgan fingerprint density at radius 2 is 2.23 bits per heavy atom. The first-order valence-electron chi connectivity index (χ1n) is 8.15. The molecule has 1 fully saturated rings. The summed E-state index contributed by atoms with van der Waals surface area (Å²) in [5, 5.41) is 12.2. The van der Waals surface area contributed by atoms with Gasteiger partial charge < -0.3 is 9.88 Å². The van der Waals surface area contributed by atoms with E-state index >= 15 is 0 Å². The topological polar surface area (TPSA) is 61.1 Å². The van der Waals surface area contributed by atoms with Crippen LogP contribution in [-0.2, 0) is 17.9 Å². The quantitative estimate of drug-likeness (QED) is 0.875. The molecule has 0 spiro atoms. The number of nitrogens with zero attached hydrogens (tertiary/aromatic N) is 3. The van der Waals surface area contributed by atoms with Crippen LogP contribution in [-0.4, -0.2) is 34.5 Å². The molecule has 22 heavy (non-hydrogen) atoms. The van der Waals surface area contributed by atoms with E-state index in [2.05, 4.69) is 29.4 Å². The second-order valence-corrected chi connectivity index (χ2v) is 6.18. The molecule has 0 aromatic carbocycles. The van der Waals surface area contributed by atoms with E-state index in [1.165, 1.54) is 5.56 Å². The molecule has 1 N–H and O–H groups in total. The molecule has 1 aromatic rings. The highest BCUT2D eigenvalue weighted by molar-refractivity contribution is 5.73. The van der Waals surface area contributed by atoms with Gasteiger partial charge in [-0.2, -0.15) is 5.26 Å². The third kappa shape index (κ3) is 3.89. The average Bonchev–Trinajstić information content (AvgIpc) is 3.03. The first-order chi connectivity index (χ1) is 10.6. The third-order valence-corrected chi connectivity index (χ3v) is 4.38. The maximum absolute atomic E-state index is 11.4. The van der Waals surface area contributed by atoms with Crippen LogP contribution in [0.25, 0.3) is 0 Å². The summed E-state index contributed by atoms with van der Waals surface area (Å²) in [7, 11) is 0. The van der Waals surface area contributed by atoms with Crippen molar-refractivity contribution in [2.75, 3.05) is 13.1 Å². The summed E-state index contributed by atoms with van der Waals surface area (Å²) in [5.41, 5.74) is 1.90. The highest BCUT2D eigenvalue weighted by Gasteiger charge is 2.32. The van der Waals surface area contributed by atoms with Gasteiger partial charge in [0, 0.05) is 45.3 Å². The number of aromatic nitrogens is 1. The van der Waals surface area contributed by atoms with Crippen molar-refractivity contribution in [1.29, 1.82) is 5.26 Å². The second-order valence-electron chi connectivity index (χ2n) is 6.18. The Kier molecular flexibility index (Phi) is 5.62. The van der Waals surface area contributed by atoms with E-state index in [0.29, 0.717) is 5.92 Å². The molecule has 0 aliphatic carbocycles. The summed E-state index contributed by atoms with van der Waals surface area (Å²) in [5.74, 6) is 0.578. The number of rotatable bonds is 6. The van der Waals surface area contributed by atoms with Crippen LogP contribution < -0.4 is 5.32 Å². The number of nitrogens with one attached hydrogen (secondary N) is 1. The van der Waals surface area contributed by atoms with Gasteiger partial charge in [-0.25, -0.2) is 0 Å².